The number of carbonyl (C=O) groups excluding carboxylic acids is 1. The first kappa shape index (κ1) is 18.5. The number of hydrogen-bond donors (Lipinski definition) is 1. The minimum atomic E-state index is -0.789. The first-order valence-corrected chi connectivity index (χ1v) is 8.09. The second kappa shape index (κ2) is 8.79. The lowest BCUT2D eigenvalue weighted by atomic mass is 10.0. The highest BCUT2D eigenvalue weighted by atomic mass is 16.5. The Morgan fingerprint density at radius 2 is 1.86 bits per heavy atom. The first-order chi connectivity index (χ1) is 10.4. The van der Waals surface area contributed by atoms with E-state index in [1.54, 1.807) is 0 Å². The monoisotopic (exact) mass is 307 g/mol. The Morgan fingerprint density at radius 1 is 1.23 bits per heavy atom. The Labute approximate surface area is 134 Å². The second-order valence-corrected chi connectivity index (χ2v) is 6.12. The van der Waals surface area contributed by atoms with Crippen LogP contribution in [0, 0.1) is 5.92 Å². The Morgan fingerprint density at radius 3 is 2.36 bits per heavy atom. The van der Waals surface area contributed by atoms with Crippen LogP contribution < -0.4 is 10.1 Å². The molecule has 1 atom stereocenters. The molecular formula is C18H29NO3. The summed E-state index contributed by atoms with van der Waals surface area (Å²) in [6.07, 6.45) is 1.53. The largest absolute Gasteiger partial charge is 0.493 e. The minimum absolute atomic E-state index is 0.112. The van der Waals surface area contributed by atoms with Gasteiger partial charge in [-0.1, -0.05) is 27.7 Å². The summed E-state index contributed by atoms with van der Waals surface area (Å²) in [5, 5.41) is 2.91. The Balaban J connectivity index is 2.63. The maximum Gasteiger partial charge on any atom is 0.256 e. The predicted octanol–water partition coefficient (Wildman–Crippen LogP) is 4.26. The van der Waals surface area contributed by atoms with Crippen molar-refractivity contribution in [3.05, 3.63) is 24.3 Å². The van der Waals surface area contributed by atoms with Crippen LogP contribution in [0.4, 0.5) is 5.69 Å². The maximum absolute atomic E-state index is 12.4. The molecule has 1 N–H and O–H groups in total. The van der Waals surface area contributed by atoms with Crippen LogP contribution in [0.5, 0.6) is 5.75 Å². The summed E-state index contributed by atoms with van der Waals surface area (Å²) in [4.78, 5) is 12.4. The fourth-order valence-corrected chi connectivity index (χ4v) is 1.82. The highest BCUT2D eigenvalue weighted by molar-refractivity contribution is 5.97. The Kier molecular flexibility index (Phi) is 7.39. The average molecular weight is 307 g/mol. The number of carbonyl (C=O) groups is 1. The summed E-state index contributed by atoms with van der Waals surface area (Å²) in [6.45, 7) is 11.3. The van der Waals surface area contributed by atoms with Gasteiger partial charge >= 0.3 is 0 Å². The molecule has 0 aliphatic rings. The van der Waals surface area contributed by atoms with Crippen molar-refractivity contribution in [1.82, 2.24) is 0 Å². The number of ether oxygens (including phenoxy) is 2. The van der Waals surface area contributed by atoms with Gasteiger partial charge in [0, 0.05) is 12.3 Å². The Hall–Kier alpha value is -1.55. The molecule has 1 amide bonds. The third kappa shape index (κ3) is 5.68. The first-order valence-electron chi connectivity index (χ1n) is 8.09. The molecule has 1 aromatic rings. The van der Waals surface area contributed by atoms with Crippen LogP contribution in [-0.2, 0) is 9.53 Å². The number of amides is 1. The molecule has 4 nitrogen and oxygen atoms in total. The normalized spacial score (nSPS) is 13.7. The van der Waals surface area contributed by atoms with Crippen LogP contribution in [0.1, 0.15) is 47.5 Å². The van der Waals surface area contributed by atoms with Crippen molar-refractivity contribution >= 4 is 11.6 Å². The zero-order chi connectivity index (χ0) is 16.6. The van der Waals surface area contributed by atoms with Crippen LogP contribution >= 0.6 is 0 Å². The second-order valence-electron chi connectivity index (χ2n) is 6.12. The molecule has 0 fully saturated rings. The van der Waals surface area contributed by atoms with Crippen LogP contribution in [-0.4, -0.2) is 24.7 Å². The van der Waals surface area contributed by atoms with Gasteiger partial charge in [-0.2, -0.15) is 0 Å². The lowest BCUT2D eigenvalue weighted by Crippen LogP contribution is -2.42. The molecule has 22 heavy (non-hydrogen) atoms. The van der Waals surface area contributed by atoms with E-state index >= 15 is 0 Å². The van der Waals surface area contributed by atoms with Gasteiger partial charge in [0.05, 0.1) is 6.61 Å². The summed E-state index contributed by atoms with van der Waals surface area (Å²) < 4.78 is 11.3. The molecule has 124 valence electrons. The molecule has 0 aliphatic heterocycles. The van der Waals surface area contributed by atoms with Crippen molar-refractivity contribution in [2.75, 3.05) is 18.5 Å². The molecule has 0 radical (unpaired) electrons. The standard InChI is InChI=1S/C18H29NO3/c1-6-12-22-18(5,7-2)17(20)19-15-8-10-16(11-9-15)21-13-14(3)4/h8-11,14H,6-7,12-13H2,1-5H3,(H,19,20). The third-order valence-electron chi connectivity index (χ3n) is 3.48. The fraction of sp³-hybridized carbons (Fsp3) is 0.611. The Bertz CT molecular complexity index is 456. The van der Waals surface area contributed by atoms with Crippen molar-refractivity contribution in [2.24, 2.45) is 5.92 Å². The van der Waals surface area contributed by atoms with Crippen molar-refractivity contribution in [2.45, 2.75) is 53.1 Å². The van der Waals surface area contributed by atoms with E-state index in [9.17, 15) is 4.79 Å². The van der Waals surface area contributed by atoms with E-state index in [0.29, 0.717) is 25.6 Å². The van der Waals surface area contributed by atoms with Gasteiger partial charge in [-0.15, -0.1) is 0 Å². The van der Waals surface area contributed by atoms with E-state index in [2.05, 4.69) is 19.2 Å². The van der Waals surface area contributed by atoms with E-state index < -0.39 is 5.60 Å². The highest BCUT2D eigenvalue weighted by Gasteiger charge is 2.32. The molecule has 0 saturated carbocycles. The average Bonchev–Trinajstić information content (AvgIpc) is 2.51. The molecule has 0 aromatic heterocycles. The summed E-state index contributed by atoms with van der Waals surface area (Å²) in [5.41, 5.74) is -0.0373. The van der Waals surface area contributed by atoms with Crippen LogP contribution in [0.25, 0.3) is 0 Å². The van der Waals surface area contributed by atoms with Crippen molar-refractivity contribution < 1.29 is 14.3 Å². The molecule has 0 saturated heterocycles. The molecule has 0 heterocycles. The summed E-state index contributed by atoms with van der Waals surface area (Å²) in [7, 11) is 0. The van der Waals surface area contributed by atoms with Gasteiger partial charge in [0.15, 0.2) is 0 Å². The fourth-order valence-electron chi connectivity index (χ4n) is 1.82. The van der Waals surface area contributed by atoms with Crippen LogP contribution in [0.3, 0.4) is 0 Å². The molecule has 1 rings (SSSR count). The van der Waals surface area contributed by atoms with Gasteiger partial charge < -0.3 is 14.8 Å². The molecule has 1 unspecified atom stereocenters. The van der Waals surface area contributed by atoms with Crippen LogP contribution in [0.15, 0.2) is 24.3 Å². The van der Waals surface area contributed by atoms with Crippen molar-refractivity contribution in [3.8, 4) is 5.75 Å². The summed E-state index contributed by atoms with van der Waals surface area (Å²) in [6, 6.07) is 7.44. The number of nitrogens with one attached hydrogen (secondary N) is 1. The number of hydrogen-bond acceptors (Lipinski definition) is 3. The van der Waals surface area contributed by atoms with Gasteiger partial charge in [0.2, 0.25) is 0 Å². The minimum Gasteiger partial charge on any atom is -0.493 e. The zero-order valence-corrected chi connectivity index (χ0v) is 14.4. The lowest BCUT2D eigenvalue weighted by Gasteiger charge is -2.27. The summed E-state index contributed by atoms with van der Waals surface area (Å²) in [5.74, 6) is 1.19. The smallest absolute Gasteiger partial charge is 0.256 e. The molecule has 0 spiro atoms. The van der Waals surface area contributed by atoms with Crippen molar-refractivity contribution in [1.29, 1.82) is 0 Å². The van der Waals surface area contributed by atoms with Crippen LogP contribution in [0.2, 0.25) is 0 Å². The van der Waals surface area contributed by atoms with Gasteiger partial charge in [0.25, 0.3) is 5.91 Å². The number of rotatable bonds is 9. The SMILES string of the molecule is CCCOC(C)(CC)C(=O)Nc1ccc(OCC(C)C)cc1. The molecule has 0 bridgehead atoms. The summed E-state index contributed by atoms with van der Waals surface area (Å²) >= 11 is 0. The topological polar surface area (TPSA) is 47.6 Å². The van der Waals surface area contributed by atoms with Gasteiger partial charge in [0.1, 0.15) is 11.4 Å². The lowest BCUT2D eigenvalue weighted by molar-refractivity contribution is -0.139. The predicted molar refractivity (Wildman–Crippen MR) is 90.3 cm³/mol. The molecule has 0 aliphatic carbocycles. The van der Waals surface area contributed by atoms with E-state index in [4.69, 9.17) is 9.47 Å². The van der Waals surface area contributed by atoms with E-state index in [0.717, 1.165) is 17.9 Å². The zero-order valence-electron chi connectivity index (χ0n) is 14.4. The molecule has 1 aromatic carbocycles. The maximum atomic E-state index is 12.4. The van der Waals surface area contributed by atoms with Crippen molar-refractivity contribution in [3.63, 3.8) is 0 Å². The van der Waals surface area contributed by atoms with Gasteiger partial charge in [-0.25, -0.2) is 0 Å². The highest BCUT2D eigenvalue weighted by Crippen LogP contribution is 2.21. The van der Waals surface area contributed by atoms with Gasteiger partial charge in [-0.3, -0.25) is 4.79 Å². The number of benzene rings is 1. The number of anilines is 1. The quantitative estimate of drug-likeness (QED) is 0.741. The van der Waals surface area contributed by atoms with Gasteiger partial charge in [-0.05, 0) is 49.9 Å². The van der Waals surface area contributed by atoms with E-state index in [-0.39, 0.29) is 5.91 Å². The third-order valence-corrected chi connectivity index (χ3v) is 3.48. The molecule has 4 heteroatoms. The van der Waals surface area contributed by atoms with E-state index in [1.165, 1.54) is 0 Å². The molecular weight excluding hydrogens is 278 g/mol. The van der Waals surface area contributed by atoms with E-state index in [1.807, 2.05) is 45.0 Å².